The molecule has 0 unspecified atom stereocenters. The van der Waals surface area contributed by atoms with Gasteiger partial charge in [0, 0.05) is 6.54 Å². The molecule has 18 heavy (non-hydrogen) atoms. The second-order valence-corrected chi connectivity index (χ2v) is 3.81. The standard InChI is InChI=1S/C12H16FN3O2/c1-2-16(8-11(14)15-18)12(17)7-9-4-3-5-10(13)6-9/h3-6,18H,2,7-8H2,1H3,(H2,14,15). The van der Waals surface area contributed by atoms with E-state index in [9.17, 15) is 9.18 Å². The van der Waals surface area contributed by atoms with E-state index in [1.165, 1.54) is 17.0 Å². The molecule has 0 saturated carbocycles. The van der Waals surface area contributed by atoms with Gasteiger partial charge in [-0.25, -0.2) is 4.39 Å². The Morgan fingerprint density at radius 1 is 1.56 bits per heavy atom. The summed E-state index contributed by atoms with van der Waals surface area (Å²) in [5.74, 6) is -0.612. The first kappa shape index (κ1) is 14.0. The maximum absolute atomic E-state index is 13.0. The summed E-state index contributed by atoms with van der Waals surface area (Å²) < 4.78 is 13.0. The molecule has 0 aliphatic heterocycles. The molecule has 1 aromatic carbocycles. The third-order valence-electron chi connectivity index (χ3n) is 2.46. The zero-order chi connectivity index (χ0) is 13.5. The number of amidine groups is 1. The van der Waals surface area contributed by atoms with Crippen molar-refractivity contribution in [2.75, 3.05) is 13.1 Å². The number of amides is 1. The summed E-state index contributed by atoms with van der Waals surface area (Å²) in [7, 11) is 0. The van der Waals surface area contributed by atoms with Gasteiger partial charge in [-0.3, -0.25) is 4.79 Å². The monoisotopic (exact) mass is 253 g/mol. The number of nitrogens with zero attached hydrogens (tertiary/aromatic N) is 2. The van der Waals surface area contributed by atoms with Crippen molar-refractivity contribution in [2.45, 2.75) is 13.3 Å². The summed E-state index contributed by atoms with van der Waals surface area (Å²) in [5, 5.41) is 11.3. The highest BCUT2D eigenvalue weighted by molar-refractivity contribution is 5.87. The number of hydrogen-bond donors (Lipinski definition) is 2. The van der Waals surface area contributed by atoms with Crippen molar-refractivity contribution < 1.29 is 14.4 Å². The lowest BCUT2D eigenvalue weighted by molar-refractivity contribution is -0.129. The van der Waals surface area contributed by atoms with E-state index in [2.05, 4.69) is 5.16 Å². The van der Waals surface area contributed by atoms with Crippen LogP contribution in [0.25, 0.3) is 0 Å². The number of carbonyl (C=O) groups is 1. The minimum atomic E-state index is -0.375. The summed E-state index contributed by atoms with van der Waals surface area (Å²) in [6.07, 6.45) is 0.0876. The molecule has 98 valence electrons. The molecule has 0 spiro atoms. The van der Waals surface area contributed by atoms with Gasteiger partial charge in [-0.2, -0.15) is 0 Å². The van der Waals surface area contributed by atoms with Crippen molar-refractivity contribution in [3.05, 3.63) is 35.6 Å². The van der Waals surface area contributed by atoms with E-state index in [0.29, 0.717) is 12.1 Å². The Kier molecular flexibility index (Phi) is 5.10. The lowest BCUT2D eigenvalue weighted by Crippen LogP contribution is -2.39. The molecule has 0 fully saturated rings. The molecule has 0 saturated heterocycles. The fraction of sp³-hybridized carbons (Fsp3) is 0.333. The van der Waals surface area contributed by atoms with Gasteiger partial charge in [-0.1, -0.05) is 17.3 Å². The van der Waals surface area contributed by atoms with Crippen LogP contribution >= 0.6 is 0 Å². The smallest absolute Gasteiger partial charge is 0.227 e. The molecule has 1 rings (SSSR count). The molecule has 5 nitrogen and oxygen atoms in total. The van der Waals surface area contributed by atoms with E-state index >= 15 is 0 Å². The van der Waals surface area contributed by atoms with Crippen LogP contribution in [0.5, 0.6) is 0 Å². The van der Waals surface area contributed by atoms with Crippen LogP contribution in [-0.4, -0.2) is 34.9 Å². The number of hydrogen-bond acceptors (Lipinski definition) is 3. The van der Waals surface area contributed by atoms with Crippen LogP contribution in [0.2, 0.25) is 0 Å². The number of rotatable bonds is 5. The zero-order valence-corrected chi connectivity index (χ0v) is 10.1. The number of nitrogens with two attached hydrogens (primary N) is 1. The van der Waals surface area contributed by atoms with Crippen molar-refractivity contribution in [3.8, 4) is 0 Å². The van der Waals surface area contributed by atoms with Crippen LogP contribution in [-0.2, 0) is 11.2 Å². The van der Waals surface area contributed by atoms with Gasteiger partial charge in [0.2, 0.25) is 5.91 Å². The fourth-order valence-electron chi connectivity index (χ4n) is 1.54. The Bertz CT molecular complexity index is 449. The third-order valence-corrected chi connectivity index (χ3v) is 2.46. The van der Waals surface area contributed by atoms with Crippen molar-refractivity contribution in [1.82, 2.24) is 4.90 Å². The fourth-order valence-corrected chi connectivity index (χ4v) is 1.54. The molecule has 6 heteroatoms. The van der Waals surface area contributed by atoms with Crippen LogP contribution in [0, 0.1) is 5.82 Å². The number of carbonyl (C=O) groups excluding carboxylic acids is 1. The average Bonchev–Trinajstić information content (AvgIpc) is 2.35. The van der Waals surface area contributed by atoms with Crippen molar-refractivity contribution in [1.29, 1.82) is 0 Å². The second kappa shape index (κ2) is 6.58. The first-order chi connectivity index (χ1) is 8.56. The molecular weight excluding hydrogens is 237 g/mol. The number of benzene rings is 1. The topological polar surface area (TPSA) is 78.9 Å². The van der Waals surface area contributed by atoms with Crippen molar-refractivity contribution in [3.63, 3.8) is 0 Å². The normalized spacial score (nSPS) is 11.3. The van der Waals surface area contributed by atoms with Gasteiger partial charge in [0.15, 0.2) is 5.84 Å². The van der Waals surface area contributed by atoms with E-state index in [-0.39, 0.29) is 30.5 Å². The van der Waals surface area contributed by atoms with Crippen LogP contribution in [0.15, 0.2) is 29.4 Å². The first-order valence-corrected chi connectivity index (χ1v) is 5.55. The number of likely N-dealkylation sites (N-methyl/N-ethyl adjacent to an activating group) is 1. The predicted octanol–water partition coefficient (Wildman–Crippen LogP) is 0.963. The molecule has 0 aliphatic rings. The Balaban J connectivity index is 2.68. The van der Waals surface area contributed by atoms with Crippen LogP contribution < -0.4 is 5.73 Å². The van der Waals surface area contributed by atoms with Gasteiger partial charge in [-0.05, 0) is 24.6 Å². The van der Waals surface area contributed by atoms with Crippen LogP contribution in [0.1, 0.15) is 12.5 Å². The van der Waals surface area contributed by atoms with E-state index < -0.39 is 0 Å². The summed E-state index contributed by atoms with van der Waals surface area (Å²) in [5.41, 5.74) is 5.95. The molecule has 0 radical (unpaired) electrons. The van der Waals surface area contributed by atoms with Crippen LogP contribution in [0.3, 0.4) is 0 Å². The largest absolute Gasteiger partial charge is 0.409 e. The highest BCUT2D eigenvalue weighted by Crippen LogP contribution is 2.06. The molecule has 3 N–H and O–H groups in total. The molecule has 0 bridgehead atoms. The molecule has 0 aliphatic carbocycles. The lowest BCUT2D eigenvalue weighted by atomic mass is 10.1. The third kappa shape index (κ3) is 4.04. The average molecular weight is 253 g/mol. The van der Waals surface area contributed by atoms with Crippen LogP contribution in [0.4, 0.5) is 4.39 Å². The highest BCUT2D eigenvalue weighted by Gasteiger charge is 2.14. The summed E-state index contributed by atoms with van der Waals surface area (Å²) in [6.45, 7) is 2.28. The van der Waals surface area contributed by atoms with E-state index in [4.69, 9.17) is 10.9 Å². The predicted molar refractivity (Wildman–Crippen MR) is 65.8 cm³/mol. The van der Waals surface area contributed by atoms with Gasteiger partial charge in [-0.15, -0.1) is 0 Å². The minimum absolute atomic E-state index is 0.0376. The van der Waals surface area contributed by atoms with E-state index in [1.54, 1.807) is 19.1 Å². The summed E-state index contributed by atoms with van der Waals surface area (Å²) in [4.78, 5) is 13.3. The molecule has 1 aromatic rings. The molecule has 1 amide bonds. The molecule has 0 atom stereocenters. The quantitative estimate of drug-likeness (QED) is 0.355. The molecule has 0 aromatic heterocycles. The Morgan fingerprint density at radius 3 is 2.83 bits per heavy atom. The van der Waals surface area contributed by atoms with Crippen molar-refractivity contribution in [2.24, 2.45) is 10.9 Å². The second-order valence-electron chi connectivity index (χ2n) is 3.81. The Labute approximate surface area is 105 Å². The summed E-state index contributed by atoms with van der Waals surface area (Å²) >= 11 is 0. The number of oxime groups is 1. The first-order valence-electron chi connectivity index (χ1n) is 5.55. The van der Waals surface area contributed by atoms with E-state index in [0.717, 1.165) is 0 Å². The maximum atomic E-state index is 13.0. The van der Waals surface area contributed by atoms with Gasteiger partial charge in [0.1, 0.15) is 5.82 Å². The molecular formula is C12H16FN3O2. The van der Waals surface area contributed by atoms with Gasteiger partial charge in [0.05, 0.1) is 13.0 Å². The minimum Gasteiger partial charge on any atom is -0.409 e. The van der Waals surface area contributed by atoms with Crippen molar-refractivity contribution >= 4 is 11.7 Å². The highest BCUT2D eigenvalue weighted by atomic mass is 19.1. The van der Waals surface area contributed by atoms with Gasteiger partial charge >= 0.3 is 0 Å². The van der Waals surface area contributed by atoms with Gasteiger partial charge < -0.3 is 15.8 Å². The van der Waals surface area contributed by atoms with E-state index in [1.807, 2.05) is 0 Å². The maximum Gasteiger partial charge on any atom is 0.227 e. The zero-order valence-electron chi connectivity index (χ0n) is 10.1. The SMILES string of the molecule is CCN(CC(N)=NO)C(=O)Cc1cccc(F)c1. The van der Waals surface area contributed by atoms with Gasteiger partial charge in [0.25, 0.3) is 0 Å². The number of halogens is 1. The lowest BCUT2D eigenvalue weighted by Gasteiger charge is -2.20. The summed E-state index contributed by atoms with van der Waals surface area (Å²) in [6, 6.07) is 5.87. The Hall–Kier alpha value is -2.11. The Morgan fingerprint density at radius 2 is 2.28 bits per heavy atom. The molecule has 0 heterocycles.